The van der Waals surface area contributed by atoms with Crippen molar-refractivity contribution in [1.82, 2.24) is 20.4 Å². The quantitative estimate of drug-likeness (QED) is 0.345. The monoisotopic (exact) mass is 429 g/mol. The summed E-state index contributed by atoms with van der Waals surface area (Å²) in [7, 11) is 0. The highest BCUT2D eigenvalue weighted by Crippen LogP contribution is 2.27. The Morgan fingerprint density at radius 1 is 1.28 bits per heavy atom. The van der Waals surface area contributed by atoms with Gasteiger partial charge in [0.1, 0.15) is 5.69 Å². The smallest absolute Gasteiger partial charge is 0.291 e. The summed E-state index contributed by atoms with van der Waals surface area (Å²) in [4.78, 5) is 55.9. The lowest BCUT2D eigenvalue weighted by Crippen LogP contribution is -2.51. The first-order valence-corrected chi connectivity index (χ1v) is 9.32. The molecule has 0 bridgehead atoms. The Kier molecular flexibility index (Phi) is 9.09. The highest BCUT2D eigenvalue weighted by Gasteiger charge is 2.31. The molecular weight excluding hydrogens is 405 g/mol. The number of halogens is 2. The molecule has 0 aliphatic rings. The van der Waals surface area contributed by atoms with Gasteiger partial charge in [0.2, 0.25) is 11.8 Å². The fourth-order valence-electron chi connectivity index (χ4n) is 2.55. The summed E-state index contributed by atoms with van der Waals surface area (Å²) < 4.78 is 13.3. The molecule has 0 aromatic carbocycles. The van der Waals surface area contributed by atoms with Crippen molar-refractivity contribution >= 4 is 35.1 Å². The van der Waals surface area contributed by atoms with Gasteiger partial charge in [-0.05, 0) is 11.8 Å². The van der Waals surface area contributed by atoms with Crippen molar-refractivity contribution < 1.29 is 23.6 Å². The number of hydrazine groups is 1. The zero-order valence-corrected chi connectivity index (χ0v) is 17.3. The second-order valence-corrected chi connectivity index (χ2v) is 8.05. The van der Waals surface area contributed by atoms with Crippen LogP contribution in [-0.2, 0) is 14.4 Å². The van der Waals surface area contributed by atoms with Crippen LogP contribution in [0.3, 0.4) is 0 Å². The third kappa shape index (κ3) is 8.95. The maximum atomic E-state index is 13.3. The van der Waals surface area contributed by atoms with E-state index in [1.807, 2.05) is 20.8 Å². The Morgan fingerprint density at radius 2 is 1.93 bits per heavy atom. The van der Waals surface area contributed by atoms with Crippen molar-refractivity contribution in [3.8, 4) is 0 Å². The van der Waals surface area contributed by atoms with Crippen LogP contribution >= 0.6 is 11.6 Å². The van der Waals surface area contributed by atoms with Crippen molar-refractivity contribution in [2.24, 2.45) is 17.1 Å². The maximum Gasteiger partial charge on any atom is 0.291 e. The molecule has 160 valence electrons. The molecule has 1 unspecified atom stereocenters. The van der Waals surface area contributed by atoms with Gasteiger partial charge in [0, 0.05) is 31.2 Å². The minimum atomic E-state index is -2.41. The van der Waals surface area contributed by atoms with Gasteiger partial charge < -0.3 is 5.73 Å². The number of ketones is 1. The molecule has 1 aromatic rings. The van der Waals surface area contributed by atoms with Gasteiger partial charge >= 0.3 is 0 Å². The number of amides is 3. The fraction of sp³-hybridized carbons (Fsp3) is 0.556. The zero-order valence-electron chi connectivity index (χ0n) is 16.5. The van der Waals surface area contributed by atoms with E-state index in [0.29, 0.717) is 11.4 Å². The first kappa shape index (κ1) is 24.4. The van der Waals surface area contributed by atoms with Crippen molar-refractivity contribution in [3.05, 3.63) is 24.3 Å². The third-order valence-corrected chi connectivity index (χ3v) is 3.98. The van der Waals surface area contributed by atoms with Gasteiger partial charge in [-0.3, -0.25) is 29.6 Å². The number of aromatic nitrogens is 2. The SMILES string of the molecule is CC(C)(C)C[C@H](CC(=O)c1cnccn1)C(=O)NN(CCC(N)=O)C(=O)C(F)Cl. The molecule has 29 heavy (non-hydrogen) atoms. The molecule has 11 heteroatoms. The minimum absolute atomic E-state index is 0.102. The van der Waals surface area contributed by atoms with E-state index in [9.17, 15) is 23.6 Å². The highest BCUT2D eigenvalue weighted by molar-refractivity contribution is 6.29. The number of carbonyl (C=O) groups excluding carboxylic acids is 4. The van der Waals surface area contributed by atoms with Crippen LogP contribution in [0.25, 0.3) is 0 Å². The molecule has 2 atom stereocenters. The standard InChI is InChI=1S/C18H25ClFN5O4/c1-18(2,3)9-11(8-13(26)12-10-22-5-6-23-12)16(28)24-25(7-4-14(21)27)17(29)15(19)20/h5-6,10-11,15H,4,7-9H2,1-3H3,(H2,21,27)(H,24,28)/t11-,15?/m0/s1. The molecule has 0 fully saturated rings. The molecular formula is C18H25ClFN5O4. The van der Waals surface area contributed by atoms with E-state index in [0.717, 1.165) is 0 Å². The Balaban J connectivity index is 2.99. The maximum absolute atomic E-state index is 13.3. The molecule has 1 rings (SSSR count). The summed E-state index contributed by atoms with van der Waals surface area (Å²) in [6, 6.07) is 0. The molecule has 0 saturated carbocycles. The number of hydrogen-bond acceptors (Lipinski definition) is 6. The zero-order chi connectivity index (χ0) is 22.2. The van der Waals surface area contributed by atoms with Crippen molar-refractivity contribution in [2.75, 3.05) is 6.54 Å². The lowest BCUT2D eigenvalue weighted by molar-refractivity contribution is -0.145. The summed E-state index contributed by atoms with van der Waals surface area (Å²) >= 11 is 5.18. The number of nitrogens with one attached hydrogen (secondary N) is 1. The molecule has 9 nitrogen and oxygen atoms in total. The van der Waals surface area contributed by atoms with Gasteiger partial charge in [-0.25, -0.2) is 14.4 Å². The van der Waals surface area contributed by atoms with Crippen LogP contribution in [0.4, 0.5) is 4.39 Å². The van der Waals surface area contributed by atoms with Crippen LogP contribution in [0, 0.1) is 11.3 Å². The average molecular weight is 430 g/mol. The molecule has 0 aliphatic carbocycles. The van der Waals surface area contributed by atoms with E-state index in [4.69, 9.17) is 17.3 Å². The number of carbonyl (C=O) groups is 4. The Hall–Kier alpha value is -2.62. The van der Waals surface area contributed by atoms with Crippen LogP contribution in [0.15, 0.2) is 18.6 Å². The molecule has 0 aliphatic heterocycles. The van der Waals surface area contributed by atoms with Gasteiger partial charge in [0.15, 0.2) is 5.78 Å². The summed E-state index contributed by atoms with van der Waals surface area (Å²) in [5.74, 6) is -3.92. The van der Waals surface area contributed by atoms with Crippen LogP contribution < -0.4 is 11.2 Å². The van der Waals surface area contributed by atoms with Gasteiger partial charge in [0.25, 0.3) is 11.5 Å². The normalized spacial score (nSPS) is 13.3. The molecule has 3 N–H and O–H groups in total. The lowest BCUT2D eigenvalue weighted by Gasteiger charge is -2.28. The van der Waals surface area contributed by atoms with E-state index < -0.39 is 35.1 Å². The topological polar surface area (TPSA) is 135 Å². The van der Waals surface area contributed by atoms with Crippen LogP contribution in [0.2, 0.25) is 0 Å². The van der Waals surface area contributed by atoms with Gasteiger partial charge in [0.05, 0.1) is 12.7 Å². The molecule has 3 amide bonds. The molecule has 1 aromatic heterocycles. The van der Waals surface area contributed by atoms with E-state index in [1.54, 1.807) is 0 Å². The van der Waals surface area contributed by atoms with Crippen molar-refractivity contribution in [2.45, 2.75) is 45.7 Å². The van der Waals surface area contributed by atoms with Crippen LogP contribution in [-0.4, -0.2) is 50.7 Å². The van der Waals surface area contributed by atoms with Crippen molar-refractivity contribution in [3.63, 3.8) is 0 Å². The number of hydrogen-bond donors (Lipinski definition) is 2. The molecule has 0 radical (unpaired) electrons. The van der Waals surface area contributed by atoms with E-state index in [1.165, 1.54) is 18.6 Å². The first-order chi connectivity index (χ1) is 13.4. The Labute approximate surface area is 173 Å². The van der Waals surface area contributed by atoms with Crippen molar-refractivity contribution in [1.29, 1.82) is 0 Å². The fourth-order valence-corrected chi connectivity index (χ4v) is 2.67. The third-order valence-electron chi connectivity index (χ3n) is 3.79. The second-order valence-electron chi connectivity index (χ2n) is 7.66. The summed E-state index contributed by atoms with van der Waals surface area (Å²) in [5, 5.41) is 0.604. The van der Waals surface area contributed by atoms with Crippen LogP contribution in [0.1, 0.15) is 50.5 Å². The average Bonchev–Trinajstić information content (AvgIpc) is 2.63. The Morgan fingerprint density at radius 3 is 2.41 bits per heavy atom. The van der Waals surface area contributed by atoms with Gasteiger partial charge in [-0.15, -0.1) is 0 Å². The van der Waals surface area contributed by atoms with E-state index in [-0.39, 0.29) is 30.5 Å². The summed E-state index contributed by atoms with van der Waals surface area (Å²) in [5.41, 5.74) is 4.66. The second kappa shape index (κ2) is 10.8. The number of primary amides is 1. The molecule has 1 heterocycles. The predicted molar refractivity (Wildman–Crippen MR) is 103 cm³/mol. The summed E-state index contributed by atoms with van der Waals surface area (Å²) in [6.07, 6.45) is 3.86. The summed E-state index contributed by atoms with van der Waals surface area (Å²) in [6.45, 7) is 5.29. The predicted octanol–water partition coefficient (Wildman–Crippen LogP) is 1.37. The lowest BCUT2D eigenvalue weighted by atomic mass is 9.82. The van der Waals surface area contributed by atoms with Crippen LogP contribution in [0.5, 0.6) is 0 Å². The molecule has 0 spiro atoms. The largest absolute Gasteiger partial charge is 0.370 e. The van der Waals surface area contributed by atoms with Gasteiger partial charge in [-0.2, -0.15) is 0 Å². The van der Waals surface area contributed by atoms with E-state index in [2.05, 4.69) is 15.4 Å². The number of alkyl halides is 2. The number of Topliss-reactive ketones (excluding diaryl/α,β-unsaturated/α-hetero) is 1. The molecule has 0 saturated heterocycles. The number of nitrogens with zero attached hydrogens (tertiary/aromatic N) is 3. The van der Waals surface area contributed by atoms with Gasteiger partial charge in [-0.1, -0.05) is 32.4 Å². The Bertz CT molecular complexity index is 740. The highest BCUT2D eigenvalue weighted by atomic mass is 35.5. The first-order valence-electron chi connectivity index (χ1n) is 8.88. The number of nitrogens with two attached hydrogens (primary N) is 1. The minimum Gasteiger partial charge on any atom is -0.370 e. The number of rotatable bonds is 9. The van der Waals surface area contributed by atoms with E-state index >= 15 is 0 Å².